The highest BCUT2D eigenvalue weighted by atomic mass is 32.2. The molecule has 2 aromatic carbocycles. The molecule has 0 radical (unpaired) electrons. The Bertz CT molecular complexity index is 699. The standard InChI is InChI=1S/C11H7NO3S/c12-7-9-6-5-8-3-1-2-4-10(8)11(9)16(13,14)15/h1-6H,(H,13,14,15). The fourth-order valence-corrected chi connectivity index (χ4v) is 2.46. The monoisotopic (exact) mass is 233 g/mol. The van der Waals surface area contributed by atoms with Crippen molar-refractivity contribution in [2.75, 3.05) is 0 Å². The van der Waals surface area contributed by atoms with Crippen LogP contribution in [-0.4, -0.2) is 13.0 Å². The smallest absolute Gasteiger partial charge is 0.282 e. The highest BCUT2D eigenvalue weighted by Crippen LogP contribution is 2.26. The van der Waals surface area contributed by atoms with Crippen molar-refractivity contribution >= 4 is 20.9 Å². The number of nitrogens with zero attached hydrogens (tertiary/aromatic N) is 1. The summed E-state index contributed by atoms with van der Waals surface area (Å²) in [6, 6.07) is 11.4. The predicted octanol–water partition coefficient (Wildman–Crippen LogP) is 1.96. The molecular weight excluding hydrogens is 226 g/mol. The van der Waals surface area contributed by atoms with Crippen LogP contribution in [0.5, 0.6) is 0 Å². The van der Waals surface area contributed by atoms with Crippen LogP contribution in [0.1, 0.15) is 5.56 Å². The largest absolute Gasteiger partial charge is 0.296 e. The first-order chi connectivity index (χ1) is 7.54. The minimum Gasteiger partial charge on any atom is -0.282 e. The van der Waals surface area contributed by atoms with Gasteiger partial charge in [0.15, 0.2) is 0 Å². The molecule has 16 heavy (non-hydrogen) atoms. The van der Waals surface area contributed by atoms with Crippen molar-refractivity contribution in [2.45, 2.75) is 4.90 Å². The van der Waals surface area contributed by atoms with Gasteiger partial charge in [0.1, 0.15) is 11.0 Å². The Labute approximate surface area is 92.5 Å². The van der Waals surface area contributed by atoms with Crippen molar-refractivity contribution in [3.63, 3.8) is 0 Å². The van der Waals surface area contributed by atoms with Crippen LogP contribution in [0, 0.1) is 11.3 Å². The summed E-state index contributed by atoms with van der Waals surface area (Å²) in [6.45, 7) is 0. The summed E-state index contributed by atoms with van der Waals surface area (Å²) >= 11 is 0. The van der Waals surface area contributed by atoms with E-state index in [1.165, 1.54) is 6.07 Å². The molecule has 0 bridgehead atoms. The molecule has 0 aromatic heterocycles. The van der Waals surface area contributed by atoms with Crippen molar-refractivity contribution in [2.24, 2.45) is 0 Å². The fourth-order valence-electron chi connectivity index (χ4n) is 1.61. The maximum Gasteiger partial charge on any atom is 0.296 e. The van der Waals surface area contributed by atoms with Gasteiger partial charge in [-0.3, -0.25) is 4.55 Å². The molecule has 5 heteroatoms. The van der Waals surface area contributed by atoms with Gasteiger partial charge in [0, 0.05) is 5.39 Å². The average Bonchev–Trinajstić information content (AvgIpc) is 2.26. The van der Waals surface area contributed by atoms with Crippen LogP contribution in [0.15, 0.2) is 41.3 Å². The molecule has 2 aromatic rings. The maximum absolute atomic E-state index is 11.2. The molecule has 0 heterocycles. The van der Waals surface area contributed by atoms with E-state index in [1.807, 2.05) is 0 Å². The van der Waals surface area contributed by atoms with E-state index < -0.39 is 10.1 Å². The zero-order valence-electron chi connectivity index (χ0n) is 8.08. The van der Waals surface area contributed by atoms with Crippen LogP contribution in [0.4, 0.5) is 0 Å². The van der Waals surface area contributed by atoms with Gasteiger partial charge in [-0.25, -0.2) is 0 Å². The third kappa shape index (κ3) is 1.65. The average molecular weight is 233 g/mol. The van der Waals surface area contributed by atoms with E-state index >= 15 is 0 Å². The second-order valence-corrected chi connectivity index (χ2v) is 4.61. The molecule has 0 aliphatic carbocycles. The van der Waals surface area contributed by atoms with E-state index in [-0.39, 0.29) is 10.5 Å². The van der Waals surface area contributed by atoms with Crippen molar-refractivity contribution in [3.05, 3.63) is 42.0 Å². The number of fused-ring (bicyclic) bond motifs is 1. The quantitative estimate of drug-likeness (QED) is 0.763. The van der Waals surface area contributed by atoms with Crippen molar-refractivity contribution in [1.82, 2.24) is 0 Å². The topological polar surface area (TPSA) is 78.2 Å². The first-order valence-electron chi connectivity index (χ1n) is 4.43. The van der Waals surface area contributed by atoms with Crippen LogP contribution >= 0.6 is 0 Å². The summed E-state index contributed by atoms with van der Waals surface area (Å²) in [7, 11) is -4.39. The van der Waals surface area contributed by atoms with E-state index in [0.29, 0.717) is 10.8 Å². The summed E-state index contributed by atoms with van der Waals surface area (Å²) in [5, 5.41) is 9.83. The SMILES string of the molecule is N#Cc1ccc2ccccc2c1S(=O)(=O)O. The number of rotatable bonds is 1. The molecule has 0 atom stereocenters. The highest BCUT2D eigenvalue weighted by Gasteiger charge is 2.18. The van der Waals surface area contributed by atoms with E-state index in [1.54, 1.807) is 36.4 Å². The molecule has 2 rings (SSSR count). The Morgan fingerprint density at radius 1 is 1.12 bits per heavy atom. The summed E-state index contributed by atoms with van der Waals surface area (Å²) in [5.74, 6) is 0. The molecule has 1 N–H and O–H groups in total. The summed E-state index contributed by atoms with van der Waals surface area (Å²) in [6.07, 6.45) is 0. The first-order valence-corrected chi connectivity index (χ1v) is 5.87. The number of nitriles is 1. The normalized spacial score (nSPS) is 11.2. The lowest BCUT2D eigenvalue weighted by atomic mass is 10.1. The molecule has 0 unspecified atom stereocenters. The van der Waals surface area contributed by atoms with Crippen molar-refractivity contribution < 1.29 is 13.0 Å². The van der Waals surface area contributed by atoms with Gasteiger partial charge in [0.2, 0.25) is 0 Å². The molecule has 0 saturated heterocycles. The Morgan fingerprint density at radius 2 is 1.81 bits per heavy atom. The van der Waals surface area contributed by atoms with Crippen LogP contribution in [0.2, 0.25) is 0 Å². The lowest BCUT2D eigenvalue weighted by Gasteiger charge is -2.05. The van der Waals surface area contributed by atoms with E-state index in [2.05, 4.69) is 0 Å². The number of benzene rings is 2. The zero-order chi connectivity index (χ0) is 11.8. The number of hydrogen-bond acceptors (Lipinski definition) is 3. The molecular formula is C11H7NO3S. The van der Waals surface area contributed by atoms with Gasteiger partial charge in [-0.15, -0.1) is 0 Å². The van der Waals surface area contributed by atoms with E-state index in [9.17, 15) is 8.42 Å². The molecule has 0 fully saturated rings. The van der Waals surface area contributed by atoms with Crippen molar-refractivity contribution in [3.8, 4) is 6.07 Å². The van der Waals surface area contributed by atoms with Crippen LogP contribution in [0.25, 0.3) is 10.8 Å². The van der Waals surface area contributed by atoms with Crippen molar-refractivity contribution in [1.29, 1.82) is 5.26 Å². The lowest BCUT2D eigenvalue weighted by Crippen LogP contribution is -2.02. The lowest BCUT2D eigenvalue weighted by molar-refractivity contribution is 0.484. The molecule has 4 nitrogen and oxygen atoms in total. The Morgan fingerprint density at radius 3 is 2.44 bits per heavy atom. The van der Waals surface area contributed by atoms with Gasteiger partial charge in [0.25, 0.3) is 10.1 Å². The third-order valence-electron chi connectivity index (χ3n) is 2.26. The maximum atomic E-state index is 11.2. The second kappa shape index (κ2) is 3.59. The van der Waals surface area contributed by atoms with E-state index in [4.69, 9.17) is 9.81 Å². The molecule has 0 saturated carbocycles. The second-order valence-electron chi connectivity index (χ2n) is 3.25. The zero-order valence-corrected chi connectivity index (χ0v) is 8.90. The molecule has 0 spiro atoms. The van der Waals surface area contributed by atoms with Gasteiger partial charge in [0.05, 0.1) is 5.56 Å². The molecule has 0 amide bonds. The van der Waals surface area contributed by atoms with Gasteiger partial charge >= 0.3 is 0 Å². The fraction of sp³-hybridized carbons (Fsp3) is 0. The summed E-state index contributed by atoms with van der Waals surface area (Å²) < 4.78 is 31.6. The van der Waals surface area contributed by atoms with Gasteiger partial charge in [-0.2, -0.15) is 13.7 Å². The molecule has 0 aliphatic rings. The minimum absolute atomic E-state index is 0.0544. The predicted molar refractivity (Wildman–Crippen MR) is 58.5 cm³/mol. The number of hydrogen-bond donors (Lipinski definition) is 1. The van der Waals surface area contributed by atoms with Crippen LogP contribution < -0.4 is 0 Å². The summed E-state index contributed by atoms with van der Waals surface area (Å²) in [5.41, 5.74) is -0.0544. The van der Waals surface area contributed by atoms with E-state index in [0.717, 1.165) is 0 Å². The van der Waals surface area contributed by atoms with Crippen LogP contribution in [0.3, 0.4) is 0 Å². The minimum atomic E-state index is -4.39. The van der Waals surface area contributed by atoms with Crippen LogP contribution in [-0.2, 0) is 10.1 Å². The van der Waals surface area contributed by atoms with Gasteiger partial charge in [-0.05, 0) is 11.5 Å². The Kier molecular flexibility index (Phi) is 2.38. The highest BCUT2D eigenvalue weighted by molar-refractivity contribution is 7.86. The Balaban J connectivity index is 3.03. The van der Waals surface area contributed by atoms with Gasteiger partial charge < -0.3 is 0 Å². The Hall–Kier alpha value is -1.90. The summed E-state index contributed by atoms with van der Waals surface area (Å²) in [4.78, 5) is -0.326. The van der Waals surface area contributed by atoms with Gasteiger partial charge in [-0.1, -0.05) is 30.3 Å². The third-order valence-corrected chi connectivity index (χ3v) is 3.21. The molecule has 80 valence electrons. The first kappa shape index (κ1) is 10.6. The molecule has 0 aliphatic heterocycles.